The quantitative estimate of drug-likeness (QED) is 0.844. The Morgan fingerprint density at radius 2 is 1.94 bits per heavy atom. The number of amides is 1. The van der Waals surface area contributed by atoms with Crippen molar-refractivity contribution in [3.05, 3.63) is 0 Å². The van der Waals surface area contributed by atoms with Crippen molar-refractivity contribution >= 4 is 6.09 Å². The second-order valence-electron chi connectivity index (χ2n) is 7.02. The van der Waals surface area contributed by atoms with E-state index < -0.39 is 5.60 Å². The Labute approximate surface area is 111 Å². The molecule has 4 heteroatoms. The average Bonchev–Trinajstić information content (AvgIpc) is 2.75. The second-order valence-corrected chi connectivity index (χ2v) is 7.02. The number of ether oxygens (including phenoxy) is 1. The van der Waals surface area contributed by atoms with Gasteiger partial charge in [-0.2, -0.15) is 0 Å². The van der Waals surface area contributed by atoms with Crippen LogP contribution < -0.4 is 5.73 Å². The topological polar surface area (TPSA) is 55.6 Å². The van der Waals surface area contributed by atoms with Crippen molar-refractivity contribution < 1.29 is 9.53 Å². The van der Waals surface area contributed by atoms with E-state index in [1.807, 2.05) is 20.8 Å². The smallest absolute Gasteiger partial charge is 0.410 e. The molecule has 0 spiro atoms. The third-order valence-electron chi connectivity index (χ3n) is 4.21. The van der Waals surface area contributed by atoms with Crippen LogP contribution in [0.3, 0.4) is 0 Å². The van der Waals surface area contributed by atoms with Crippen molar-refractivity contribution in [3.63, 3.8) is 0 Å². The summed E-state index contributed by atoms with van der Waals surface area (Å²) in [5.41, 5.74) is 5.56. The van der Waals surface area contributed by atoms with Crippen molar-refractivity contribution in [2.45, 2.75) is 53.2 Å². The minimum atomic E-state index is -0.447. The highest BCUT2D eigenvalue weighted by Crippen LogP contribution is 2.60. The molecule has 0 aromatic rings. The summed E-state index contributed by atoms with van der Waals surface area (Å²) >= 11 is 0. The van der Waals surface area contributed by atoms with E-state index in [1.165, 1.54) is 0 Å². The zero-order valence-electron chi connectivity index (χ0n) is 12.8. The van der Waals surface area contributed by atoms with Gasteiger partial charge in [-0.05, 0) is 51.5 Å². The lowest BCUT2D eigenvalue weighted by Crippen LogP contribution is -2.41. The highest BCUT2D eigenvalue weighted by molar-refractivity contribution is 5.68. The summed E-state index contributed by atoms with van der Waals surface area (Å²) in [5, 5.41) is 0. The molecule has 1 aliphatic rings. The summed E-state index contributed by atoms with van der Waals surface area (Å²) in [5.74, 6) is 0.956. The Kier molecular flexibility index (Phi) is 4.01. The summed E-state index contributed by atoms with van der Waals surface area (Å²) in [4.78, 5) is 13.7. The van der Waals surface area contributed by atoms with Crippen LogP contribution in [-0.4, -0.2) is 36.2 Å². The molecule has 1 unspecified atom stereocenters. The number of carbonyl (C=O) groups excluding carboxylic acids is 1. The predicted octanol–water partition coefficient (Wildman–Crippen LogP) is 2.47. The number of carbonyl (C=O) groups is 1. The summed E-state index contributed by atoms with van der Waals surface area (Å²) in [6.07, 6.45) is -0.256. The van der Waals surface area contributed by atoms with Crippen LogP contribution in [-0.2, 0) is 4.74 Å². The standard InChI is InChI=1S/C14H28N2O2/c1-9(11-10(8-15)14(11,5)6)16(7)12(17)18-13(2,3)4/h9-11H,8,15H2,1-7H3/t9?,10-,11-/m1/s1. The van der Waals surface area contributed by atoms with E-state index >= 15 is 0 Å². The first-order valence-electron chi connectivity index (χ1n) is 6.68. The van der Waals surface area contributed by atoms with Crippen molar-refractivity contribution in [3.8, 4) is 0 Å². The Morgan fingerprint density at radius 3 is 2.28 bits per heavy atom. The van der Waals surface area contributed by atoms with Gasteiger partial charge in [-0.3, -0.25) is 0 Å². The number of hydrogen-bond acceptors (Lipinski definition) is 3. The van der Waals surface area contributed by atoms with Gasteiger partial charge in [-0.25, -0.2) is 4.79 Å². The van der Waals surface area contributed by atoms with E-state index in [1.54, 1.807) is 11.9 Å². The van der Waals surface area contributed by atoms with E-state index in [0.29, 0.717) is 18.4 Å². The van der Waals surface area contributed by atoms with E-state index in [2.05, 4.69) is 20.8 Å². The summed E-state index contributed by atoms with van der Waals surface area (Å²) in [6, 6.07) is 0.156. The zero-order valence-corrected chi connectivity index (χ0v) is 12.8. The maximum absolute atomic E-state index is 12.0. The molecule has 3 atom stereocenters. The molecule has 0 aliphatic heterocycles. The highest BCUT2D eigenvalue weighted by atomic mass is 16.6. The minimum absolute atomic E-state index is 0.156. The fraction of sp³-hybridized carbons (Fsp3) is 0.929. The van der Waals surface area contributed by atoms with Crippen molar-refractivity contribution in [2.75, 3.05) is 13.6 Å². The summed E-state index contributed by atoms with van der Waals surface area (Å²) in [6.45, 7) is 12.8. The van der Waals surface area contributed by atoms with Crippen LogP contribution in [0.4, 0.5) is 4.79 Å². The highest BCUT2D eigenvalue weighted by Gasteiger charge is 2.60. The SMILES string of the molecule is CC([C@@H]1[C@@H](CN)C1(C)C)N(C)C(=O)OC(C)(C)C. The van der Waals surface area contributed by atoms with Crippen LogP contribution in [0.1, 0.15) is 41.5 Å². The Morgan fingerprint density at radius 1 is 1.44 bits per heavy atom. The molecule has 0 aromatic heterocycles. The largest absolute Gasteiger partial charge is 0.444 e. The number of nitrogens with zero attached hydrogens (tertiary/aromatic N) is 1. The molecule has 4 nitrogen and oxygen atoms in total. The molecule has 2 N–H and O–H groups in total. The van der Waals surface area contributed by atoms with Gasteiger partial charge >= 0.3 is 6.09 Å². The fourth-order valence-corrected chi connectivity index (χ4v) is 2.94. The molecule has 1 amide bonds. The van der Waals surface area contributed by atoms with Gasteiger partial charge in [-0.1, -0.05) is 13.8 Å². The third-order valence-corrected chi connectivity index (χ3v) is 4.21. The maximum Gasteiger partial charge on any atom is 0.410 e. The molecule has 106 valence electrons. The van der Waals surface area contributed by atoms with Gasteiger partial charge in [0.25, 0.3) is 0 Å². The van der Waals surface area contributed by atoms with Crippen molar-refractivity contribution in [1.29, 1.82) is 0 Å². The third kappa shape index (κ3) is 2.97. The van der Waals surface area contributed by atoms with Gasteiger partial charge < -0.3 is 15.4 Å². The molecule has 0 bridgehead atoms. The lowest BCUT2D eigenvalue weighted by atomic mass is 10.0. The maximum atomic E-state index is 12.0. The molecule has 1 saturated carbocycles. The zero-order chi connectivity index (χ0) is 14.3. The van der Waals surface area contributed by atoms with Crippen LogP contribution in [0.5, 0.6) is 0 Å². The van der Waals surface area contributed by atoms with E-state index in [4.69, 9.17) is 10.5 Å². The molecule has 1 aliphatic carbocycles. The molecule has 0 saturated heterocycles. The first-order valence-corrected chi connectivity index (χ1v) is 6.68. The number of hydrogen-bond donors (Lipinski definition) is 1. The molecule has 18 heavy (non-hydrogen) atoms. The first kappa shape index (κ1) is 15.3. The first-order chi connectivity index (χ1) is 8.02. The number of rotatable bonds is 3. The van der Waals surface area contributed by atoms with Crippen LogP contribution in [0.25, 0.3) is 0 Å². The van der Waals surface area contributed by atoms with Gasteiger partial charge in [0.2, 0.25) is 0 Å². The van der Waals surface area contributed by atoms with Gasteiger partial charge in [0.05, 0.1) is 0 Å². The molecule has 0 heterocycles. The molecule has 1 fully saturated rings. The van der Waals surface area contributed by atoms with Crippen molar-refractivity contribution in [1.82, 2.24) is 4.90 Å². The predicted molar refractivity (Wildman–Crippen MR) is 73.3 cm³/mol. The van der Waals surface area contributed by atoms with Crippen LogP contribution >= 0.6 is 0 Å². The van der Waals surface area contributed by atoms with Gasteiger partial charge in [0, 0.05) is 13.1 Å². The van der Waals surface area contributed by atoms with Crippen LogP contribution in [0.2, 0.25) is 0 Å². The van der Waals surface area contributed by atoms with Crippen molar-refractivity contribution in [2.24, 2.45) is 23.0 Å². The van der Waals surface area contributed by atoms with Gasteiger partial charge in [0.1, 0.15) is 5.60 Å². The van der Waals surface area contributed by atoms with Gasteiger partial charge in [0.15, 0.2) is 0 Å². The monoisotopic (exact) mass is 256 g/mol. The number of nitrogens with two attached hydrogens (primary N) is 1. The van der Waals surface area contributed by atoms with E-state index in [9.17, 15) is 4.79 Å². The lowest BCUT2D eigenvalue weighted by Gasteiger charge is -2.29. The lowest BCUT2D eigenvalue weighted by molar-refractivity contribution is 0.0207. The Balaban J connectivity index is 2.63. The van der Waals surface area contributed by atoms with Gasteiger partial charge in [-0.15, -0.1) is 0 Å². The Hall–Kier alpha value is -0.770. The van der Waals surface area contributed by atoms with Crippen LogP contribution in [0, 0.1) is 17.3 Å². The Bertz CT molecular complexity index is 320. The minimum Gasteiger partial charge on any atom is -0.444 e. The van der Waals surface area contributed by atoms with E-state index in [0.717, 1.165) is 0 Å². The average molecular weight is 256 g/mol. The summed E-state index contributed by atoms with van der Waals surface area (Å²) in [7, 11) is 1.81. The molecular formula is C14H28N2O2. The van der Waals surface area contributed by atoms with E-state index in [-0.39, 0.29) is 17.6 Å². The molecule has 0 aromatic carbocycles. The van der Waals surface area contributed by atoms with Crippen LogP contribution in [0.15, 0.2) is 0 Å². The fourth-order valence-electron chi connectivity index (χ4n) is 2.94. The molecular weight excluding hydrogens is 228 g/mol. The molecule has 1 rings (SSSR count). The second kappa shape index (κ2) is 4.72. The molecule has 0 radical (unpaired) electrons. The normalized spacial score (nSPS) is 27.6. The summed E-state index contributed by atoms with van der Waals surface area (Å²) < 4.78 is 5.39.